The normalized spacial score (nSPS) is 11.7. The summed E-state index contributed by atoms with van der Waals surface area (Å²) in [6, 6.07) is 11.5. The average molecular weight is 216 g/mol. The van der Waals surface area contributed by atoms with Crippen LogP contribution in [0.25, 0.3) is 11.3 Å². The van der Waals surface area contributed by atoms with E-state index in [0.717, 1.165) is 11.3 Å². The molecule has 0 saturated heterocycles. The van der Waals surface area contributed by atoms with E-state index in [1.54, 1.807) is 10.7 Å². The van der Waals surface area contributed by atoms with Gasteiger partial charge < -0.3 is 5.11 Å². The zero-order chi connectivity index (χ0) is 11.8. The van der Waals surface area contributed by atoms with Crippen LogP contribution in [-0.4, -0.2) is 14.9 Å². The Morgan fingerprint density at radius 1 is 1.12 bits per heavy atom. The van der Waals surface area contributed by atoms with Gasteiger partial charge in [-0.3, -0.25) is 0 Å². The van der Waals surface area contributed by atoms with Gasteiger partial charge in [0.1, 0.15) is 0 Å². The van der Waals surface area contributed by atoms with Crippen LogP contribution in [0.3, 0.4) is 0 Å². The fourth-order valence-electron chi connectivity index (χ4n) is 1.61. The standard InChI is InChI=1S/C13H16N2O/c1-13(2,3)15-12(16)9-11(14-15)10-7-5-4-6-8-10/h4-9,16H,1-3H3. The van der Waals surface area contributed by atoms with Gasteiger partial charge in [-0.15, -0.1) is 0 Å². The number of hydrogen-bond acceptors (Lipinski definition) is 2. The van der Waals surface area contributed by atoms with Crippen molar-refractivity contribution in [1.82, 2.24) is 9.78 Å². The molecule has 1 aromatic carbocycles. The molecule has 0 saturated carbocycles. The van der Waals surface area contributed by atoms with E-state index in [9.17, 15) is 5.11 Å². The molecule has 0 amide bonds. The monoisotopic (exact) mass is 216 g/mol. The molecule has 1 N–H and O–H groups in total. The molecule has 0 spiro atoms. The van der Waals surface area contributed by atoms with Crippen molar-refractivity contribution in [2.75, 3.05) is 0 Å². The van der Waals surface area contributed by atoms with Crippen LogP contribution >= 0.6 is 0 Å². The summed E-state index contributed by atoms with van der Waals surface area (Å²) in [6.45, 7) is 6.03. The maximum absolute atomic E-state index is 9.83. The molecule has 3 heteroatoms. The number of aromatic nitrogens is 2. The first-order valence-corrected chi connectivity index (χ1v) is 5.33. The van der Waals surface area contributed by atoms with Gasteiger partial charge >= 0.3 is 0 Å². The van der Waals surface area contributed by atoms with Gasteiger partial charge in [0.15, 0.2) is 0 Å². The molecule has 84 valence electrons. The van der Waals surface area contributed by atoms with Crippen molar-refractivity contribution in [3.8, 4) is 17.1 Å². The highest BCUT2D eigenvalue weighted by Gasteiger charge is 2.19. The highest BCUT2D eigenvalue weighted by Crippen LogP contribution is 2.27. The maximum atomic E-state index is 9.83. The van der Waals surface area contributed by atoms with E-state index >= 15 is 0 Å². The lowest BCUT2D eigenvalue weighted by Crippen LogP contribution is -2.22. The van der Waals surface area contributed by atoms with E-state index in [-0.39, 0.29) is 11.4 Å². The minimum Gasteiger partial charge on any atom is -0.493 e. The summed E-state index contributed by atoms with van der Waals surface area (Å²) in [5.41, 5.74) is 1.60. The second-order valence-electron chi connectivity index (χ2n) is 4.84. The first-order chi connectivity index (χ1) is 7.48. The third kappa shape index (κ3) is 1.94. The second-order valence-corrected chi connectivity index (χ2v) is 4.84. The van der Waals surface area contributed by atoms with E-state index in [2.05, 4.69) is 5.10 Å². The van der Waals surface area contributed by atoms with E-state index < -0.39 is 0 Å². The number of hydrogen-bond donors (Lipinski definition) is 1. The predicted octanol–water partition coefficient (Wildman–Crippen LogP) is 3.01. The molecule has 1 aromatic heterocycles. The average Bonchev–Trinajstić information content (AvgIpc) is 2.61. The van der Waals surface area contributed by atoms with Gasteiger partial charge in [-0.1, -0.05) is 30.3 Å². The maximum Gasteiger partial charge on any atom is 0.210 e. The summed E-state index contributed by atoms with van der Waals surface area (Å²) in [6.07, 6.45) is 0. The number of benzene rings is 1. The van der Waals surface area contributed by atoms with Crippen LogP contribution in [0.2, 0.25) is 0 Å². The van der Waals surface area contributed by atoms with Crippen LogP contribution in [-0.2, 0) is 5.54 Å². The SMILES string of the molecule is CC(C)(C)n1nc(-c2ccccc2)cc1O. The van der Waals surface area contributed by atoms with Crippen LogP contribution in [0, 0.1) is 0 Å². The van der Waals surface area contributed by atoms with E-state index in [4.69, 9.17) is 0 Å². The van der Waals surface area contributed by atoms with Gasteiger partial charge in [-0.25, -0.2) is 4.68 Å². The Balaban J connectivity index is 2.47. The van der Waals surface area contributed by atoms with Crippen molar-refractivity contribution in [3.63, 3.8) is 0 Å². The topological polar surface area (TPSA) is 38.0 Å². The zero-order valence-electron chi connectivity index (χ0n) is 9.81. The van der Waals surface area contributed by atoms with Crippen molar-refractivity contribution >= 4 is 0 Å². The third-order valence-electron chi connectivity index (χ3n) is 2.40. The summed E-state index contributed by atoms with van der Waals surface area (Å²) in [4.78, 5) is 0. The molecular formula is C13H16N2O. The molecular weight excluding hydrogens is 200 g/mol. The Morgan fingerprint density at radius 3 is 2.25 bits per heavy atom. The molecule has 2 rings (SSSR count). The quantitative estimate of drug-likeness (QED) is 0.795. The second kappa shape index (κ2) is 3.67. The molecule has 0 aliphatic heterocycles. The van der Waals surface area contributed by atoms with Crippen LogP contribution in [0.5, 0.6) is 5.88 Å². The van der Waals surface area contributed by atoms with Crippen molar-refractivity contribution in [2.45, 2.75) is 26.3 Å². The van der Waals surface area contributed by atoms with E-state index in [0.29, 0.717) is 0 Å². The Hall–Kier alpha value is -1.77. The first-order valence-electron chi connectivity index (χ1n) is 5.33. The number of aromatic hydroxyl groups is 1. The molecule has 0 aliphatic rings. The lowest BCUT2D eigenvalue weighted by atomic mass is 10.1. The first kappa shape index (κ1) is 10.7. The van der Waals surface area contributed by atoms with E-state index in [1.807, 2.05) is 51.1 Å². The molecule has 3 nitrogen and oxygen atoms in total. The van der Waals surface area contributed by atoms with Gasteiger partial charge in [-0.05, 0) is 20.8 Å². The lowest BCUT2D eigenvalue weighted by molar-refractivity contribution is 0.295. The number of nitrogens with zero attached hydrogens (tertiary/aromatic N) is 2. The Kier molecular flexibility index (Phi) is 2.46. The minimum atomic E-state index is -0.211. The molecule has 16 heavy (non-hydrogen) atoms. The Morgan fingerprint density at radius 2 is 1.75 bits per heavy atom. The largest absolute Gasteiger partial charge is 0.493 e. The fourth-order valence-corrected chi connectivity index (χ4v) is 1.61. The summed E-state index contributed by atoms with van der Waals surface area (Å²) in [5, 5.41) is 14.2. The van der Waals surface area contributed by atoms with Gasteiger partial charge in [0.05, 0.1) is 11.2 Å². The molecule has 0 unspecified atom stereocenters. The van der Waals surface area contributed by atoms with Crippen molar-refractivity contribution in [2.24, 2.45) is 0 Å². The van der Waals surface area contributed by atoms with Gasteiger partial charge in [0.25, 0.3) is 0 Å². The Bertz CT molecular complexity index is 480. The third-order valence-corrected chi connectivity index (χ3v) is 2.40. The zero-order valence-corrected chi connectivity index (χ0v) is 9.81. The number of rotatable bonds is 1. The van der Waals surface area contributed by atoms with Crippen LogP contribution < -0.4 is 0 Å². The van der Waals surface area contributed by atoms with Gasteiger partial charge in [-0.2, -0.15) is 5.10 Å². The summed E-state index contributed by atoms with van der Waals surface area (Å²) in [7, 11) is 0. The molecule has 0 bridgehead atoms. The van der Waals surface area contributed by atoms with E-state index in [1.165, 1.54) is 0 Å². The van der Waals surface area contributed by atoms with Crippen molar-refractivity contribution < 1.29 is 5.11 Å². The highest BCUT2D eigenvalue weighted by atomic mass is 16.3. The predicted molar refractivity (Wildman–Crippen MR) is 64.3 cm³/mol. The molecule has 0 fully saturated rings. The summed E-state index contributed by atoms with van der Waals surface area (Å²) >= 11 is 0. The summed E-state index contributed by atoms with van der Waals surface area (Å²) in [5.74, 6) is 0.200. The van der Waals surface area contributed by atoms with Crippen LogP contribution in [0.15, 0.2) is 36.4 Å². The molecule has 0 radical (unpaired) electrons. The molecule has 0 atom stereocenters. The molecule has 2 aromatic rings. The van der Waals surface area contributed by atoms with Gasteiger partial charge in [0, 0.05) is 11.6 Å². The van der Waals surface area contributed by atoms with Crippen LogP contribution in [0.4, 0.5) is 0 Å². The molecule has 0 aliphatic carbocycles. The highest BCUT2D eigenvalue weighted by molar-refractivity contribution is 5.59. The van der Waals surface area contributed by atoms with Crippen LogP contribution in [0.1, 0.15) is 20.8 Å². The van der Waals surface area contributed by atoms with Gasteiger partial charge in [0.2, 0.25) is 5.88 Å². The van der Waals surface area contributed by atoms with Crippen molar-refractivity contribution in [3.05, 3.63) is 36.4 Å². The minimum absolute atomic E-state index is 0.200. The fraction of sp³-hybridized carbons (Fsp3) is 0.308. The summed E-state index contributed by atoms with van der Waals surface area (Å²) < 4.78 is 1.63. The Labute approximate surface area is 95.3 Å². The lowest BCUT2D eigenvalue weighted by Gasteiger charge is -2.19. The smallest absolute Gasteiger partial charge is 0.210 e. The van der Waals surface area contributed by atoms with Crippen molar-refractivity contribution in [1.29, 1.82) is 0 Å². The molecule has 1 heterocycles.